The molecule has 0 aromatic carbocycles. The lowest BCUT2D eigenvalue weighted by molar-refractivity contribution is 0.479. The number of aryl methyl sites for hydroxylation is 1. The summed E-state index contributed by atoms with van der Waals surface area (Å²) < 4.78 is 5.52. The molecule has 1 heterocycles. The van der Waals surface area contributed by atoms with Gasteiger partial charge in [0.15, 0.2) is 0 Å². The summed E-state index contributed by atoms with van der Waals surface area (Å²) in [4.78, 5) is 0. The van der Waals surface area contributed by atoms with E-state index in [1.165, 1.54) is 11.1 Å². The molecule has 1 aromatic rings. The normalized spacial score (nSPS) is 12.6. The third-order valence-corrected chi connectivity index (χ3v) is 3.11. The molecule has 2 heteroatoms. The van der Waals surface area contributed by atoms with E-state index in [1.54, 1.807) is 6.26 Å². The molecule has 1 unspecified atom stereocenters. The molecule has 0 bridgehead atoms. The number of hydrogen-bond acceptors (Lipinski definition) is 2. The van der Waals surface area contributed by atoms with Crippen LogP contribution in [0.15, 0.2) is 28.9 Å². The smallest absolute Gasteiger partial charge is 0.108 e. The van der Waals surface area contributed by atoms with E-state index in [2.05, 4.69) is 38.7 Å². The molecular weight excluding hydrogens is 210 g/mol. The van der Waals surface area contributed by atoms with Crippen LogP contribution in [-0.4, -0.2) is 6.54 Å². The Bertz CT molecular complexity index is 340. The summed E-state index contributed by atoms with van der Waals surface area (Å²) in [7, 11) is 0. The van der Waals surface area contributed by atoms with Gasteiger partial charge in [0.05, 0.1) is 6.26 Å². The van der Waals surface area contributed by atoms with Gasteiger partial charge in [-0.3, -0.25) is 0 Å². The fourth-order valence-corrected chi connectivity index (χ4v) is 1.99. The van der Waals surface area contributed by atoms with Gasteiger partial charge in [0, 0.05) is 18.0 Å². The Balaban J connectivity index is 2.77. The molecule has 0 saturated carbocycles. The van der Waals surface area contributed by atoms with Gasteiger partial charge >= 0.3 is 0 Å². The lowest BCUT2D eigenvalue weighted by atomic mass is 9.98. The van der Waals surface area contributed by atoms with Crippen LogP contribution in [0.2, 0.25) is 0 Å². The van der Waals surface area contributed by atoms with Gasteiger partial charge in [0.2, 0.25) is 0 Å². The number of nitrogens with one attached hydrogen (secondary N) is 1. The van der Waals surface area contributed by atoms with Crippen LogP contribution in [0.25, 0.3) is 0 Å². The molecule has 0 spiro atoms. The minimum absolute atomic E-state index is 0.357. The summed E-state index contributed by atoms with van der Waals surface area (Å²) >= 11 is 0. The molecule has 0 aliphatic heterocycles. The first-order chi connectivity index (χ1) is 8.22. The van der Waals surface area contributed by atoms with E-state index in [1.807, 2.05) is 0 Å². The standard InChI is InChI=1S/C15H25NO/c1-5-9-16-14(11-12(4)6-2)13-8-10-17-15(13)7-3/h8,10,14,16H,4-7,9,11H2,1-3H3. The number of furan rings is 1. The summed E-state index contributed by atoms with van der Waals surface area (Å²) in [6.07, 6.45) is 5.94. The molecule has 96 valence electrons. The van der Waals surface area contributed by atoms with Crippen molar-refractivity contribution in [1.82, 2.24) is 5.32 Å². The summed E-state index contributed by atoms with van der Waals surface area (Å²) in [5.41, 5.74) is 2.59. The summed E-state index contributed by atoms with van der Waals surface area (Å²) in [5, 5.41) is 3.59. The van der Waals surface area contributed by atoms with Gasteiger partial charge in [-0.25, -0.2) is 0 Å². The van der Waals surface area contributed by atoms with Gasteiger partial charge in [-0.1, -0.05) is 32.9 Å². The highest BCUT2D eigenvalue weighted by Crippen LogP contribution is 2.26. The highest BCUT2D eigenvalue weighted by atomic mass is 16.3. The molecule has 1 aromatic heterocycles. The lowest BCUT2D eigenvalue weighted by Crippen LogP contribution is -2.23. The molecule has 1 N–H and O–H groups in total. The van der Waals surface area contributed by atoms with Crippen LogP contribution in [0.4, 0.5) is 0 Å². The first-order valence-corrected chi connectivity index (χ1v) is 6.69. The first-order valence-electron chi connectivity index (χ1n) is 6.69. The minimum atomic E-state index is 0.357. The van der Waals surface area contributed by atoms with E-state index in [-0.39, 0.29) is 0 Å². The molecule has 1 rings (SSSR count). The van der Waals surface area contributed by atoms with E-state index in [0.717, 1.165) is 38.0 Å². The summed E-state index contributed by atoms with van der Waals surface area (Å²) in [5.74, 6) is 1.10. The van der Waals surface area contributed by atoms with Crippen LogP contribution in [0.3, 0.4) is 0 Å². The maximum absolute atomic E-state index is 5.52. The average Bonchev–Trinajstić information content (AvgIpc) is 2.82. The van der Waals surface area contributed by atoms with Gasteiger partial charge in [0.25, 0.3) is 0 Å². The van der Waals surface area contributed by atoms with Crippen molar-refractivity contribution in [3.63, 3.8) is 0 Å². The van der Waals surface area contributed by atoms with Crippen molar-refractivity contribution in [3.8, 4) is 0 Å². The molecule has 1 atom stereocenters. The molecule has 0 aliphatic carbocycles. The fourth-order valence-electron chi connectivity index (χ4n) is 1.99. The summed E-state index contributed by atoms with van der Waals surface area (Å²) in [6, 6.07) is 2.45. The second-order valence-electron chi connectivity index (χ2n) is 4.47. The third kappa shape index (κ3) is 4.04. The van der Waals surface area contributed by atoms with Crippen LogP contribution in [0.1, 0.15) is 57.4 Å². The predicted molar refractivity (Wildman–Crippen MR) is 73.2 cm³/mol. The summed E-state index contributed by atoms with van der Waals surface area (Å²) in [6.45, 7) is 11.6. The molecule has 17 heavy (non-hydrogen) atoms. The quantitative estimate of drug-likeness (QED) is 0.682. The van der Waals surface area contributed by atoms with Crippen LogP contribution < -0.4 is 5.32 Å². The highest BCUT2D eigenvalue weighted by Gasteiger charge is 2.16. The Morgan fingerprint density at radius 2 is 2.18 bits per heavy atom. The van der Waals surface area contributed by atoms with E-state index >= 15 is 0 Å². The number of hydrogen-bond donors (Lipinski definition) is 1. The van der Waals surface area contributed by atoms with Crippen molar-refractivity contribution in [3.05, 3.63) is 35.8 Å². The van der Waals surface area contributed by atoms with Crippen molar-refractivity contribution < 1.29 is 4.42 Å². The van der Waals surface area contributed by atoms with Gasteiger partial charge in [-0.15, -0.1) is 0 Å². The molecule has 0 saturated heterocycles. The average molecular weight is 235 g/mol. The Morgan fingerprint density at radius 3 is 2.76 bits per heavy atom. The van der Waals surface area contributed by atoms with E-state index in [9.17, 15) is 0 Å². The molecule has 2 nitrogen and oxygen atoms in total. The maximum atomic E-state index is 5.52. The van der Waals surface area contributed by atoms with Crippen molar-refractivity contribution in [2.24, 2.45) is 0 Å². The Hall–Kier alpha value is -1.02. The first kappa shape index (κ1) is 14.0. The second kappa shape index (κ2) is 7.33. The maximum Gasteiger partial charge on any atom is 0.108 e. The molecule has 0 fully saturated rings. The topological polar surface area (TPSA) is 25.2 Å². The van der Waals surface area contributed by atoms with Crippen molar-refractivity contribution in [1.29, 1.82) is 0 Å². The fraction of sp³-hybridized carbons (Fsp3) is 0.600. The van der Waals surface area contributed by atoms with Crippen LogP contribution >= 0.6 is 0 Å². The van der Waals surface area contributed by atoms with Crippen LogP contribution in [-0.2, 0) is 6.42 Å². The van der Waals surface area contributed by atoms with Crippen LogP contribution in [0, 0.1) is 0 Å². The monoisotopic (exact) mass is 235 g/mol. The SMILES string of the molecule is C=C(CC)CC(NCCC)c1ccoc1CC. The zero-order chi connectivity index (χ0) is 12.7. The van der Waals surface area contributed by atoms with Crippen LogP contribution in [0.5, 0.6) is 0 Å². The van der Waals surface area contributed by atoms with Crippen molar-refractivity contribution in [2.75, 3.05) is 6.54 Å². The van der Waals surface area contributed by atoms with Gasteiger partial charge in [-0.05, 0) is 31.9 Å². The van der Waals surface area contributed by atoms with Crippen molar-refractivity contribution >= 4 is 0 Å². The van der Waals surface area contributed by atoms with Gasteiger partial charge in [0.1, 0.15) is 5.76 Å². The van der Waals surface area contributed by atoms with E-state index in [4.69, 9.17) is 4.42 Å². The zero-order valence-corrected chi connectivity index (χ0v) is 11.4. The Morgan fingerprint density at radius 1 is 1.41 bits per heavy atom. The van der Waals surface area contributed by atoms with Crippen molar-refractivity contribution in [2.45, 2.75) is 52.5 Å². The minimum Gasteiger partial charge on any atom is -0.469 e. The zero-order valence-electron chi connectivity index (χ0n) is 11.4. The molecular formula is C15H25NO. The Kier molecular flexibility index (Phi) is 6.06. The lowest BCUT2D eigenvalue weighted by Gasteiger charge is -2.19. The molecule has 0 radical (unpaired) electrons. The van der Waals surface area contributed by atoms with E-state index < -0.39 is 0 Å². The molecule has 0 amide bonds. The largest absolute Gasteiger partial charge is 0.469 e. The molecule has 0 aliphatic rings. The third-order valence-electron chi connectivity index (χ3n) is 3.11. The second-order valence-corrected chi connectivity index (χ2v) is 4.47. The highest BCUT2D eigenvalue weighted by molar-refractivity contribution is 5.23. The van der Waals surface area contributed by atoms with Gasteiger partial charge in [-0.2, -0.15) is 0 Å². The predicted octanol–water partition coefficient (Wildman–Crippen LogP) is 4.24. The Labute approximate surface area is 105 Å². The number of rotatable bonds is 8. The van der Waals surface area contributed by atoms with E-state index in [0.29, 0.717) is 6.04 Å². The van der Waals surface area contributed by atoms with Gasteiger partial charge < -0.3 is 9.73 Å².